The topological polar surface area (TPSA) is 62.2 Å². The van der Waals surface area contributed by atoms with E-state index in [2.05, 4.69) is 10.3 Å². The lowest BCUT2D eigenvalue weighted by molar-refractivity contribution is 0.0696. The molecule has 2 N–H and O–H groups in total. The number of aromatic carboxylic acids is 1. The number of carbonyl (C=O) groups is 1. The average molecular weight is 242 g/mol. The van der Waals surface area contributed by atoms with Crippen LogP contribution in [0.4, 0.5) is 11.4 Å². The number of nitrogens with zero attached hydrogens (tertiary/aromatic N) is 1. The maximum absolute atomic E-state index is 11.3. The second-order valence-corrected chi connectivity index (χ2v) is 4.07. The highest BCUT2D eigenvalue weighted by Gasteiger charge is 2.15. The number of para-hydroxylation sites is 1. The highest BCUT2D eigenvalue weighted by atomic mass is 16.4. The number of carboxylic acid groups (broad SMARTS) is 1. The molecule has 0 aliphatic carbocycles. The van der Waals surface area contributed by atoms with Crippen molar-refractivity contribution in [2.75, 3.05) is 5.32 Å². The predicted molar refractivity (Wildman–Crippen MR) is 70.4 cm³/mol. The summed E-state index contributed by atoms with van der Waals surface area (Å²) in [6.07, 6.45) is 0. The van der Waals surface area contributed by atoms with Gasteiger partial charge in [-0.25, -0.2) is 4.79 Å². The minimum atomic E-state index is -0.974. The fourth-order valence-electron chi connectivity index (χ4n) is 1.87. The monoisotopic (exact) mass is 242 g/mol. The number of aryl methyl sites for hydroxylation is 2. The minimum Gasteiger partial charge on any atom is -0.478 e. The van der Waals surface area contributed by atoms with E-state index in [9.17, 15) is 9.90 Å². The van der Waals surface area contributed by atoms with Crippen LogP contribution in [0, 0.1) is 13.8 Å². The molecule has 1 heterocycles. The molecule has 1 aromatic carbocycles. The quantitative estimate of drug-likeness (QED) is 0.868. The summed E-state index contributed by atoms with van der Waals surface area (Å²) in [5.41, 5.74) is 2.94. The molecule has 2 aromatic rings. The number of aromatic nitrogens is 1. The Labute approximate surface area is 105 Å². The van der Waals surface area contributed by atoms with Crippen molar-refractivity contribution in [1.82, 2.24) is 4.98 Å². The molecule has 4 nitrogen and oxygen atoms in total. The molecule has 0 bridgehead atoms. The van der Waals surface area contributed by atoms with Gasteiger partial charge >= 0.3 is 5.97 Å². The SMILES string of the molecule is Cc1cc(Nc2ccccc2)c(C(=O)O)c(C)n1. The summed E-state index contributed by atoms with van der Waals surface area (Å²) in [5.74, 6) is -0.974. The van der Waals surface area contributed by atoms with Gasteiger partial charge in [-0.15, -0.1) is 0 Å². The molecule has 0 spiro atoms. The van der Waals surface area contributed by atoms with E-state index in [-0.39, 0.29) is 5.56 Å². The highest BCUT2D eigenvalue weighted by molar-refractivity contribution is 5.96. The molecule has 0 unspecified atom stereocenters. The Kier molecular flexibility index (Phi) is 3.28. The van der Waals surface area contributed by atoms with Crippen LogP contribution >= 0.6 is 0 Å². The molecule has 0 atom stereocenters. The van der Waals surface area contributed by atoms with Crippen LogP contribution in [-0.4, -0.2) is 16.1 Å². The van der Waals surface area contributed by atoms with Crippen LogP contribution < -0.4 is 5.32 Å². The van der Waals surface area contributed by atoms with E-state index >= 15 is 0 Å². The van der Waals surface area contributed by atoms with Crippen molar-refractivity contribution < 1.29 is 9.90 Å². The van der Waals surface area contributed by atoms with Gasteiger partial charge in [-0.05, 0) is 32.0 Å². The second-order valence-electron chi connectivity index (χ2n) is 4.07. The molecule has 4 heteroatoms. The Bertz CT molecular complexity index is 580. The van der Waals surface area contributed by atoms with Crippen molar-refractivity contribution in [2.24, 2.45) is 0 Å². The first-order valence-corrected chi connectivity index (χ1v) is 5.61. The van der Waals surface area contributed by atoms with Crippen LogP contribution in [-0.2, 0) is 0 Å². The smallest absolute Gasteiger partial charge is 0.339 e. The van der Waals surface area contributed by atoms with E-state index in [0.717, 1.165) is 11.4 Å². The summed E-state index contributed by atoms with van der Waals surface area (Å²) < 4.78 is 0. The van der Waals surface area contributed by atoms with E-state index in [1.807, 2.05) is 37.3 Å². The Morgan fingerprint density at radius 3 is 2.50 bits per heavy atom. The zero-order valence-corrected chi connectivity index (χ0v) is 10.3. The second kappa shape index (κ2) is 4.87. The van der Waals surface area contributed by atoms with Crippen molar-refractivity contribution in [3.05, 3.63) is 53.3 Å². The normalized spacial score (nSPS) is 10.1. The Balaban J connectivity index is 2.46. The van der Waals surface area contributed by atoms with Gasteiger partial charge in [-0.1, -0.05) is 18.2 Å². The zero-order chi connectivity index (χ0) is 13.1. The molecular weight excluding hydrogens is 228 g/mol. The highest BCUT2D eigenvalue weighted by Crippen LogP contribution is 2.23. The number of anilines is 2. The lowest BCUT2D eigenvalue weighted by Gasteiger charge is -2.12. The lowest BCUT2D eigenvalue weighted by Crippen LogP contribution is -2.07. The third-order valence-electron chi connectivity index (χ3n) is 2.60. The Morgan fingerprint density at radius 1 is 1.22 bits per heavy atom. The molecule has 18 heavy (non-hydrogen) atoms. The van der Waals surface area contributed by atoms with Gasteiger partial charge in [0.05, 0.1) is 11.4 Å². The number of nitrogens with one attached hydrogen (secondary N) is 1. The molecule has 0 fully saturated rings. The van der Waals surface area contributed by atoms with E-state index in [1.54, 1.807) is 13.0 Å². The summed E-state index contributed by atoms with van der Waals surface area (Å²) in [6, 6.07) is 11.2. The summed E-state index contributed by atoms with van der Waals surface area (Å²) in [5, 5.41) is 12.4. The summed E-state index contributed by atoms with van der Waals surface area (Å²) in [7, 11) is 0. The maximum Gasteiger partial charge on any atom is 0.339 e. The van der Waals surface area contributed by atoms with Crippen LogP contribution in [0.1, 0.15) is 21.7 Å². The van der Waals surface area contributed by atoms with Gasteiger partial charge in [0.25, 0.3) is 0 Å². The van der Waals surface area contributed by atoms with Gasteiger partial charge in [-0.2, -0.15) is 0 Å². The van der Waals surface area contributed by atoms with Gasteiger partial charge in [-0.3, -0.25) is 4.98 Å². The van der Waals surface area contributed by atoms with Gasteiger partial charge in [0, 0.05) is 11.4 Å². The first kappa shape index (κ1) is 12.1. The molecule has 2 rings (SSSR count). The van der Waals surface area contributed by atoms with Crippen LogP contribution in [0.5, 0.6) is 0 Å². The molecule has 0 aliphatic heterocycles. The van der Waals surface area contributed by atoms with E-state index < -0.39 is 5.97 Å². The average Bonchev–Trinajstić information content (AvgIpc) is 2.28. The number of rotatable bonds is 3. The van der Waals surface area contributed by atoms with Crippen LogP contribution in [0.25, 0.3) is 0 Å². The molecule has 0 saturated heterocycles. The Hall–Kier alpha value is -2.36. The molecule has 0 saturated carbocycles. The van der Waals surface area contributed by atoms with Gasteiger partial charge < -0.3 is 10.4 Å². The summed E-state index contributed by atoms with van der Waals surface area (Å²) >= 11 is 0. The van der Waals surface area contributed by atoms with Gasteiger partial charge in [0.15, 0.2) is 0 Å². The van der Waals surface area contributed by atoms with Crippen molar-refractivity contribution in [1.29, 1.82) is 0 Å². The summed E-state index contributed by atoms with van der Waals surface area (Å²) in [4.78, 5) is 15.4. The zero-order valence-electron chi connectivity index (χ0n) is 10.3. The molecule has 1 aromatic heterocycles. The third kappa shape index (κ3) is 2.48. The van der Waals surface area contributed by atoms with Crippen LogP contribution in [0.3, 0.4) is 0 Å². The standard InChI is InChI=1S/C14H14N2O2/c1-9-8-12(13(14(17)18)10(2)15-9)16-11-6-4-3-5-7-11/h3-8H,1-2H3,(H,15,16)(H,17,18). The molecular formula is C14H14N2O2. The van der Waals surface area contributed by atoms with Crippen LogP contribution in [0.2, 0.25) is 0 Å². The van der Waals surface area contributed by atoms with Crippen molar-refractivity contribution in [3.63, 3.8) is 0 Å². The summed E-state index contributed by atoms with van der Waals surface area (Å²) in [6.45, 7) is 3.54. The largest absolute Gasteiger partial charge is 0.478 e. The number of pyridine rings is 1. The predicted octanol–water partition coefficient (Wildman–Crippen LogP) is 3.14. The molecule has 92 valence electrons. The third-order valence-corrected chi connectivity index (χ3v) is 2.60. The molecule has 0 aliphatic rings. The first-order valence-electron chi connectivity index (χ1n) is 5.61. The molecule has 0 amide bonds. The van der Waals surface area contributed by atoms with E-state index in [1.165, 1.54) is 0 Å². The number of carboxylic acids is 1. The van der Waals surface area contributed by atoms with Crippen molar-refractivity contribution >= 4 is 17.3 Å². The van der Waals surface area contributed by atoms with Gasteiger partial charge in [0.1, 0.15) is 5.56 Å². The number of hydrogen-bond donors (Lipinski definition) is 2. The first-order chi connectivity index (χ1) is 8.58. The van der Waals surface area contributed by atoms with E-state index in [4.69, 9.17) is 0 Å². The Morgan fingerprint density at radius 2 is 1.89 bits per heavy atom. The number of hydrogen-bond acceptors (Lipinski definition) is 3. The van der Waals surface area contributed by atoms with Crippen LogP contribution in [0.15, 0.2) is 36.4 Å². The van der Waals surface area contributed by atoms with Crippen molar-refractivity contribution in [2.45, 2.75) is 13.8 Å². The van der Waals surface area contributed by atoms with E-state index in [0.29, 0.717) is 11.4 Å². The molecule has 0 radical (unpaired) electrons. The minimum absolute atomic E-state index is 0.212. The van der Waals surface area contributed by atoms with Crippen molar-refractivity contribution in [3.8, 4) is 0 Å². The fraction of sp³-hybridized carbons (Fsp3) is 0.143. The van der Waals surface area contributed by atoms with Gasteiger partial charge in [0.2, 0.25) is 0 Å². The lowest BCUT2D eigenvalue weighted by atomic mass is 10.1. The maximum atomic E-state index is 11.3. The number of benzene rings is 1. The fourth-order valence-corrected chi connectivity index (χ4v) is 1.87.